The molecule has 0 aliphatic carbocycles. The Morgan fingerprint density at radius 1 is 0.654 bits per heavy atom. The summed E-state index contributed by atoms with van der Waals surface area (Å²) >= 11 is 14.8. The molecule has 0 unspecified atom stereocenters. The van der Waals surface area contributed by atoms with Crippen LogP contribution >= 0.6 is 42.7 Å². The molecule has 0 atom stereocenters. The Morgan fingerprint density at radius 3 is 1.08 bits per heavy atom. The van der Waals surface area contributed by atoms with Crippen LogP contribution in [0.2, 0.25) is 0 Å². The van der Waals surface area contributed by atoms with Crippen molar-refractivity contribution in [1.82, 2.24) is 0 Å². The summed E-state index contributed by atoms with van der Waals surface area (Å²) in [5.41, 5.74) is 4.53. The number of hydrogen-bond donors (Lipinski definition) is 1. The van der Waals surface area contributed by atoms with E-state index in [1.807, 2.05) is 0 Å². The van der Waals surface area contributed by atoms with E-state index >= 15 is 0 Å². The molecule has 0 radical (unpaired) electrons. The van der Waals surface area contributed by atoms with E-state index in [9.17, 15) is 4.79 Å². The first kappa shape index (κ1) is 20.7. The SMILES string of the molecule is NC(=O)C(Cl)(Cl)Cl.c1ccc(P(c2ccccc2)c2ccccc2)cc1. The molecule has 0 bridgehead atoms. The van der Waals surface area contributed by atoms with E-state index in [1.165, 1.54) is 15.9 Å². The van der Waals surface area contributed by atoms with Crippen molar-refractivity contribution in [3.05, 3.63) is 91.0 Å². The first-order valence-corrected chi connectivity index (χ1v) is 10.2. The van der Waals surface area contributed by atoms with Crippen molar-refractivity contribution < 1.29 is 4.79 Å². The zero-order valence-corrected chi connectivity index (χ0v) is 16.9. The number of amides is 1. The van der Waals surface area contributed by atoms with Crippen LogP contribution in [0.5, 0.6) is 0 Å². The molecule has 134 valence electrons. The topological polar surface area (TPSA) is 43.1 Å². The molecule has 3 rings (SSSR count). The van der Waals surface area contributed by atoms with Crippen LogP contribution in [-0.2, 0) is 4.79 Å². The molecule has 0 fully saturated rings. The molecular weight excluding hydrogens is 408 g/mol. The van der Waals surface area contributed by atoms with E-state index < -0.39 is 17.6 Å². The van der Waals surface area contributed by atoms with Gasteiger partial charge in [-0.25, -0.2) is 0 Å². The number of benzene rings is 3. The maximum Gasteiger partial charge on any atom is 0.269 e. The number of hydrogen-bond acceptors (Lipinski definition) is 1. The van der Waals surface area contributed by atoms with Gasteiger partial charge in [0.2, 0.25) is 0 Å². The third kappa shape index (κ3) is 6.30. The fraction of sp³-hybridized carbons (Fsp3) is 0.0500. The molecule has 6 heteroatoms. The van der Waals surface area contributed by atoms with Gasteiger partial charge >= 0.3 is 0 Å². The van der Waals surface area contributed by atoms with E-state index in [0.717, 1.165) is 0 Å². The Kier molecular flexibility index (Phi) is 7.93. The van der Waals surface area contributed by atoms with Crippen LogP contribution in [-0.4, -0.2) is 9.70 Å². The van der Waals surface area contributed by atoms with E-state index in [-0.39, 0.29) is 0 Å². The number of primary amides is 1. The van der Waals surface area contributed by atoms with Gasteiger partial charge in [-0.05, 0) is 23.8 Å². The summed E-state index contributed by atoms with van der Waals surface area (Å²) in [6, 6.07) is 32.3. The maximum atomic E-state index is 9.85. The fourth-order valence-corrected chi connectivity index (χ4v) is 4.48. The van der Waals surface area contributed by atoms with Crippen molar-refractivity contribution in [2.75, 3.05) is 0 Å². The van der Waals surface area contributed by atoms with Gasteiger partial charge in [-0.2, -0.15) is 0 Å². The highest BCUT2D eigenvalue weighted by Gasteiger charge is 2.26. The normalized spacial score (nSPS) is 10.8. The average molecular weight is 425 g/mol. The summed E-state index contributed by atoms with van der Waals surface area (Å²) < 4.78 is -1.94. The largest absolute Gasteiger partial charge is 0.366 e. The Morgan fingerprint density at radius 2 is 0.885 bits per heavy atom. The molecule has 0 aliphatic rings. The monoisotopic (exact) mass is 423 g/mol. The van der Waals surface area contributed by atoms with Gasteiger partial charge < -0.3 is 5.73 Å². The van der Waals surface area contributed by atoms with Gasteiger partial charge in [0.15, 0.2) is 0 Å². The molecule has 0 spiro atoms. The van der Waals surface area contributed by atoms with Crippen LogP contribution in [0.25, 0.3) is 0 Å². The third-order valence-corrected chi connectivity index (χ3v) is 6.32. The first-order valence-electron chi connectivity index (χ1n) is 7.71. The van der Waals surface area contributed by atoms with E-state index in [1.54, 1.807) is 0 Å². The summed E-state index contributed by atoms with van der Waals surface area (Å²) in [6.07, 6.45) is 0. The third-order valence-electron chi connectivity index (χ3n) is 3.32. The molecule has 2 nitrogen and oxygen atoms in total. The van der Waals surface area contributed by atoms with Crippen molar-refractivity contribution in [3.8, 4) is 0 Å². The fourth-order valence-electron chi connectivity index (χ4n) is 2.18. The van der Waals surface area contributed by atoms with Crippen LogP contribution in [0.1, 0.15) is 0 Å². The van der Waals surface area contributed by atoms with Crippen molar-refractivity contribution in [1.29, 1.82) is 0 Å². The van der Waals surface area contributed by atoms with Gasteiger partial charge in [0, 0.05) is 0 Å². The van der Waals surface area contributed by atoms with Gasteiger partial charge in [0.05, 0.1) is 0 Å². The van der Waals surface area contributed by atoms with E-state index in [2.05, 4.69) is 96.7 Å². The highest BCUT2D eigenvalue weighted by molar-refractivity contribution is 7.79. The lowest BCUT2D eigenvalue weighted by Gasteiger charge is -2.18. The highest BCUT2D eigenvalue weighted by Crippen LogP contribution is 2.32. The number of halogens is 3. The van der Waals surface area contributed by atoms with Gasteiger partial charge in [-0.3, -0.25) is 4.79 Å². The highest BCUT2D eigenvalue weighted by atomic mass is 35.6. The van der Waals surface area contributed by atoms with Crippen molar-refractivity contribution in [3.63, 3.8) is 0 Å². The van der Waals surface area contributed by atoms with E-state index in [4.69, 9.17) is 34.8 Å². The Bertz CT molecular complexity index is 715. The second-order valence-electron chi connectivity index (χ2n) is 5.20. The van der Waals surface area contributed by atoms with E-state index in [0.29, 0.717) is 0 Å². The zero-order chi connectivity index (χ0) is 19.0. The number of nitrogens with two attached hydrogens (primary N) is 1. The quantitative estimate of drug-likeness (QED) is 0.495. The standard InChI is InChI=1S/C18H15P.C2H2Cl3NO/c1-4-10-16(11-5-1)19(17-12-6-2-7-13-17)18-14-8-3-9-15-18;3-2(4,5)1(6)7/h1-15H;(H2,6,7). The van der Waals surface area contributed by atoms with Crippen molar-refractivity contribution >= 4 is 64.5 Å². The number of rotatable bonds is 3. The Balaban J connectivity index is 0.000000298. The Labute approximate surface area is 169 Å². The summed E-state index contributed by atoms with van der Waals surface area (Å²) in [4.78, 5) is 9.85. The van der Waals surface area contributed by atoms with Gasteiger partial charge in [-0.1, -0.05) is 126 Å². The smallest absolute Gasteiger partial charge is 0.269 e. The summed E-state index contributed by atoms with van der Waals surface area (Å²) in [7, 11) is -0.446. The maximum absolute atomic E-state index is 9.85. The first-order chi connectivity index (χ1) is 12.4. The molecule has 3 aromatic rings. The van der Waals surface area contributed by atoms with Gasteiger partial charge in [0.25, 0.3) is 9.70 Å². The van der Waals surface area contributed by atoms with Crippen LogP contribution in [0.3, 0.4) is 0 Å². The lowest BCUT2D eigenvalue weighted by atomic mass is 10.4. The summed E-state index contributed by atoms with van der Waals surface area (Å²) in [5, 5.41) is 4.19. The summed E-state index contributed by atoms with van der Waals surface area (Å²) in [6.45, 7) is 0. The lowest BCUT2D eigenvalue weighted by Crippen LogP contribution is -2.27. The Hall–Kier alpha value is -1.57. The number of alkyl halides is 3. The predicted molar refractivity (Wildman–Crippen MR) is 115 cm³/mol. The molecule has 1 amide bonds. The molecule has 0 saturated heterocycles. The molecule has 3 aromatic carbocycles. The van der Waals surface area contributed by atoms with Crippen LogP contribution in [0, 0.1) is 0 Å². The minimum Gasteiger partial charge on any atom is -0.366 e. The molecule has 0 aromatic heterocycles. The lowest BCUT2D eigenvalue weighted by molar-refractivity contribution is -0.117. The van der Waals surface area contributed by atoms with Crippen molar-refractivity contribution in [2.24, 2.45) is 5.73 Å². The second kappa shape index (κ2) is 9.94. The van der Waals surface area contributed by atoms with Crippen LogP contribution in [0.4, 0.5) is 0 Å². The number of carbonyl (C=O) groups excluding carboxylic acids is 1. The minimum atomic E-state index is -1.94. The van der Waals surface area contributed by atoms with Gasteiger partial charge in [-0.15, -0.1) is 0 Å². The van der Waals surface area contributed by atoms with Crippen LogP contribution < -0.4 is 21.6 Å². The molecule has 0 heterocycles. The second-order valence-corrected chi connectivity index (χ2v) is 9.71. The average Bonchev–Trinajstić information content (AvgIpc) is 2.64. The molecule has 0 aliphatic heterocycles. The van der Waals surface area contributed by atoms with Crippen molar-refractivity contribution in [2.45, 2.75) is 3.79 Å². The molecular formula is C20H17Cl3NOP. The summed E-state index contributed by atoms with van der Waals surface area (Å²) in [5.74, 6) is -0.961. The minimum absolute atomic E-state index is 0.446. The molecule has 2 N–H and O–H groups in total. The zero-order valence-electron chi connectivity index (χ0n) is 13.7. The molecule has 26 heavy (non-hydrogen) atoms. The number of carbonyl (C=O) groups is 1. The van der Waals surface area contributed by atoms with Gasteiger partial charge in [0.1, 0.15) is 0 Å². The predicted octanol–water partition coefficient (Wildman–Crippen LogP) is 4.29. The van der Waals surface area contributed by atoms with Crippen LogP contribution in [0.15, 0.2) is 91.0 Å². The molecule has 0 saturated carbocycles.